The topological polar surface area (TPSA) is 72.4 Å². The van der Waals surface area contributed by atoms with E-state index in [2.05, 4.69) is 21.8 Å². The van der Waals surface area contributed by atoms with Crippen LogP contribution in [0.5, 0.6) is 5.75 Å². The number of sulfone groups is 1. The van der Waals surface area contributed by atoms with Gasteiger partial charge < -0.3 is 9.64 Å². The first-order chi connectivity index (χ1) is 13.3. The molecule has 0 aliphatic carbocycles. The summed E-state index contributed by atoms with van der Waals surface area (Å²) in [5.41, 5.74) is 0. The molecule has 1 fully saturated rings. The number of hydrogen-bond acceptors (Lipinski definition) is 6. The number of halogens is 1. The van der Waals surface area contributed by atoms with Crippen molar-refractivity contribution in [2.24, 2.45) is 11.8 Å². The summed E-state index contributed by atoms with van der Waals surface area (Å²) in [7, 11) is -3.18. The lowest BCUT2D eigenvalue weighted by Crippen LogP contribution is -2.37. The predicted molar refractivity (Wildman–Crippen MR) is 106 cm³/mol. The highest BCUT2D eigenvalue weighted by atomic mass is 32.2. The predicted octanol–water partition coefficient (Wildman–Crippen LogP) is 3.34. The van der Waals surface area contributed by atoms with Gasteiger partial charge in [0.25, 0.3) is 0 Å². The van der Waals surface area contributed by atoms with Gasteiger partial charge in [-0.15, -0.1) is 0 Å². The summed E-state index contributed by atoms with van der Waals surface area (Å²) >= 11 is 0. The summed E-state index contributed by atoms with van der Waals surface area (Å²) in [5, 5.41) is 0. The standard InChI is InChI=1S/C20H26FN3O3S/c1-15(9-12-27-18-3-5-19(6-4-18)28(2,25)26)16-7-10-24(11-8-16)20-22-13-17(21)14-23-20/h3-6,13-16H,7-12H2,1-2H3/t15-/m1/s1. The molecular formula is C20H26FN3O3S. The van der Waals surface area contributed by atoms with Crippen LogP contribution >= 0.6 is 0 Å². The normalized spacial score (nSPS) is 16.8. The zero-order valence-corrected chi connectivity index (χ0v) is 17.0. The number of piperidine rings is 1. The number of benzene rings is 1. The Kier molecular flexibility index (Phi) is 6.49. The van der Waals surface area contributed by atoms with Crippen LogP contribution in [0.3, 0.4) is 0 Å². The molecule has 0 spiro atoms. The number of nitrogens with zero attached hydrogens (tertiary/aromatic N) is 3. The minimum atomic E-state index is -3.18. The Hall–Kier alpha value is -2.22. The first-order valence-electron chi connectivity index (χ1n) is 9.48. The fraction of sp³-hybridized carbons (Fsp3) is 0.500. The summed E-state index contributed by atoms with van der Waals surface area (Å²) < 4.78 is 41.7. The largest absolute Gasteiger partial charge is 0.494 e. The molecule has 3 rings (SSSR count). The van der Waals surface area contributed by atoms with Gasteiger partial charge in [0.2, 0.25) is 5.95 Å². The van der Waals surface area contributed by atoms with Gasteiger partial charge in [-0.3, -0.25) is 0 Å². The van der Waals surface area contributed by atoms with E-state index in [9.17, 15) is 12.8 Å². The number of rotatable bonds is 7. The van der Waals surface area contributed by atoms with E-state index < -0.39 is 15.7 Å². The van der Waals surface area contributed by atoms with E-state index in [0.29, 0.717) is 35.0 Å². The van der Waals surface area contributed by atoms with E-state index in [4.69, 9.17) is 4.74 Å². The summed E-state index contributed by atoms with van der Waals surface area (Å²) in [6.45, 7) is 4.58. The molecule has 0 N–H and O–H groups in total. The SMILES string of the molecule is C[C@H](CCOc1ccc(S(C)(=O)=O)cc1)C1CCN(c2ncc(F)cn2)CC1. The fourth-order valence-corrected chi connectivity index (χ4v) is 4.15. The van der Waals surface area contributed by atoms with Crippen molar-refractivity contribution in [2.75, 3.05) is 30.9 Å². The average Bonchev–Trinajstić information content (AvgIpc) is 2.68. The fourth-order valence-electron chi connectivity index (χ4n) is 3.52. The van der Waals surface area contributed by atoms with Crippen molar-refractivity contribution in [2.45, 2.75) is 31.1 Å². The molecule has 0 saturated carbocycles. The van der Waals surface area contributed by atoms with Gasteiger partial charge in [-0.05, 0) is 55.4 Å². The molecule has 1 saturated heterocycles. The molecular weight excluding hydrogens is 381 g/mol. The molecule has 8 heteroatoms. The maximum absolute atomic E-state index is 13.0. The molecule has 152 valence electrons. The molecule has 1 aliphatic rings. The zero-order chi connectivity index (χ0) is 20.1. The van der Waals surface area contributed by atoms with E-state index >= 15 is 0 Å². The lowest BCUT2D eigenvalue weighted by atomic mass is 9.84. The minimum absolute atomic E-state index is 0.296. The molecule has 6 nitrogen and oxygen atoms in total. The number of hydrogen-bond donors (Lipinski definition) is 0. The molecule has 0 amide bonds. The maximum Gasteiger partial charge on any atom is 0.225 e. The molecule has 0 radical (unpaired) electrons. The van der Waals surface area contributed by atoms with Crippen LogP contribution in [0.25, 0.3) is 0 Å². The van der Waals surface area contributed by atoms with Crippen molar-refractivity contribution in [3.63, 3.8) is 0 Å². The van der Waals surface area contributed by atoms with Crippen molar-refractivity contribution in [3.8, 4) is 5.75 Å². The van der Waals surface area contributed by atoms with Gasteiger partial charge in [-0.25, -0.2) is 22.8 Å². The van der Waals surface area contributed by atoms with Gasteiger partial charge in [-0.1, -0.05) is 6.92 Å². The molecule has 2 heterocycles. The van der Waals surface area contributed by atoms with Crippen LogP contribution in [0.2, 0.25) is 0 Å². The van der Waals surface area contributed by atoms with Gasteiger partial charge >= 0.3 is 0 Å². The summed E-state index contributed by atoms with van der Waals surface area (Å²) in [6.07, 6.45) is 6.63. The third kappa shape index (κ3) is 5.41. The van der Waals surface area contributed by atoms with Crippen LogP contribution in [-0.2, 0) is 9.84 Å². The Morgan fingerprint density at radius 1 is 1.18 bits per heavy atom. The third-order valence-electron chi connectivity index (χ3n) is 5.33. The molecule has 0 bridgehead atoms. The first-order valence-corrected chi connectivity index (χ1v) is 11.4. The summed E-state index contributed by atoms with van der Waals surface area (Å²) in [4.78, 5) is 10.5. The number of aromatic nitrogens is 2. The second-order valence-electron chi connectivity index (χ2n) is 7.38. The van der Waals surface area contributed by atoms with Crippen molar-refractivity contribution >= 4 is 15.8 Å². The van der Waals surface area contributed by atoms with Crippen molar-refractivity contribution < 1.29 is 17.5 Å². The van der Waals surface area contributed by atoms with Crippen LogP contribution in [0.15, 0.2) is 41.6 Å². The van der Waals surface area contributed by atoms with E-state index in [0.717, 1.165) is 32.4 Å². The van der Waals surface area contributed by atoms with E-state index in [1.807, 2.05) is 0 Å². The summed E-state index contributed by atoms with van der Waals surface area (Å²) in [6, 6.07) is 6.53. The Morgan fingerprint density at radius 2 is 1.79 bits per heavy atom. The van der Waals surface area contributed by atoms with Gasteiger partial charge in [0, 0.05) is 19.3 Å². The highest BCUT2D eigenvalue weighted by Gasteiger charge is 2.25. The summed E-state index contributed by atoms with van der Waals surface area (Å²) in [5.74, 6) is 1.98. The van der Waals surface area contributed by atoms with Gasteiger partial charge in [0.05, 0.1) is 23.9 Å². The van der Waals surface area contributed by atoms with Crippen LogP contribution in [0.1, 0.15) is 26.2 Å². The lowest BCUT2D eigenvalue weighted by Gasteiger charge is -2.34. The molecule has 0 unspecified atom stereocenters. The van der Waals surface area contributed by atoms with Crippen molar-refractivity contribution in [3.05, 3.63) is 42.5 Å². The highest BCUT2D eigenvalue weighted by molar-refractivity contribution is 7.90. The van der Waals surface area contributed by atoms with E-state index in [1.165, 1.54) is 18.6 Å². The molecule has 1 aromatic heterocycles. The maximum atomic E-state index is 13.0. The molecule has 28 heavy (non-hydrogen) atoms. The van der Waals surface area contributed by atoms with Crippen LogP contribution in [0, 0.1) is 17.7 Å². The second kappa shape index (κ2) is 8.86. The van der Waals surface area contributed by atoms with Crippen molar-refractivity contribution in [1.29, 1.82) is 0 Å². The Bertz CT molecular complexity index is 865. The second-order valence-corrected chi connectivity index (χ2v) is 9.40. The van der Waals surface area contributed by atoms with Crippen LogP contribution < -0.4 is 9.64 Å². The zero-order valence-electron chi connectivity index (χ0n) is 16.2. The quantitative estimate of drug-likeness (QED) is 0.701. The average molecular weight is 408 g/mol. The number of anilines is 1. The minimum Gasteiger partial charge on any atom is -0.494 e. The van der Waals surface area contributed by atoms with Crippen LogP contribution in [0.4, 0.5) is 10.3 Å². The Labute approximate surface area is 165 Å². The van der Waals surface area contributed by atoms with Crippen molar-refractivity contribution in [1.82, 2.24) is 9.97 Å². The Morgan fingerprint density at radius 3 is 2.36 bits per heavy atom. The highest BCUT2D eigenvalue weighted by Crippen LogP contribution is 2.28. The molecule has 1 aliphatic heterocycles. The number of ether oxygens (including phenoxy) is 1. The molecule has 2 aromatic rings. The molecule has 1 aromatic carbocycles. The first kappa shape index (κ1) is 20.5. The van der Waals surface area contributed by atoms with Gasteiger partial charge in [0.1, 0.15) is 5.75 Å². The van der Waals surface area contributed by atoms with Crippen LogP contribution in [-0.4, -0.2) is 44.3 Å². The van der Waals surface area contributed by atoms with Gasteiger partial charge in [0.15, 0.2) is 15.7 Å². The third-order valence-corrected chi connectivity index (χ3v) is 6.46. The molecule has 1 atom stereocenters. The lowest BCUT2D eigenvalue weighted by molar-refractivity contribution is 0.222. The monoisotopic (exact) mass is 407 g/mol. The van der Waals surface area contributed by atoms with E-state index in [-0.39, 0.29) is 0 Å². The van der Waals surface area contributed by atoms with Gasteiger partial charge in [-0.2, -0.15) is 0 Å². The smallest absolute Gasteiger partial charge is 0.225 e. The van der Waals surface area contributed by atoms with E-state index in [1.54, 1.807) is 24.3 Å². The Balaban J connectivity index is 1.42.